The van der Waals surface area contributed by atoms with E-state index in [2.05, 4.69) is 30.5 Å². The number of urea groups is 1. The number of carbonyl (C=O) groups is 2. The molecule has 1 saturated heterocycles. The first-order valence-corrected chi connectivity index (χ1v) is 20.1. The molecule has 3 amide bonds. The van der Waals surface area contributed by atoms with Crippen LogP contribution < -0.4 is 26.6 Å². The highest BCUT2D eigenvalue weighted by Crippen LogP contribution is 2.47. The number of anilines is 1. The van der Waals surface area contributed by atoms with Crippen molar-refractivity contribution < 1.29 is 23.8 Å². The van der Waals surface area contributed by atoms with Crippen LogP contribution in [0.1, 0.15) is 91.8 Å². The molecule has 3 N–H and O–H groups in total. The number of fused-ring (bicyclic) bond motifs is 1. The molecule has 14 heteroatoms. The monoisotopic (exact) mass is 802 g/mol. The van der Waals surface area contributed by atoms with Gasteiger partial charge in [-0.15, -0.1) is 0 Å². The molecule has 1 aliphatic carbocycles. The zero-order valence-electron chi connectivity index (χ0n) is 33.5. The zero-order chi connectivity index (χ0) is 41.2. The molecule has 3 atom stereocenters. The van der Waals surface area contributed by atoms with Gasteiger partial charge < -0.3 is 29.9 Å². The van der Waals surface area contributed by atoms with Crippen LogP contribution in [0.25, 0.3) is 22.4 Å². The summed E-state index contributed by atoms with van der Waals surface area (Å²) in [6.45, 7) is 6.96. The van der Waals surface area contributed by atoms with E-state index >= 15 is 4.39 Å². The Morgan fingerprint density at radius 2 is 1.93 bits per heavy atom. The summed E-state index contributed by atoms with van der Waals surface area (Å²) in [6, 6.07) is 9.95. The third-order valence-electron chi connectivity index (χ3n) is 12.2. The Labute approximate surface area is 337 Å². The summed E-state index contributed by atoms with van der Waals surface area (Å²) in [5, 5.41) is 15.6. The van der Waals surface area contributed by atoms with E-state index in [1.54, 1.807) is 31.1 Å². The Morgan fingerprint density at radius 1 is 1.18 bits per heavy atom. The Morgan fingerprint density at radius 3 is 2.61 bits per heavy atom. The highest BCUT2D eigenvalue weighted by Gasteiger charge is 2.37. The van der Waals surface area contributed by atoms with Gasteiger partial charge in [-0.05, 0) is 93.0 Å². The lowest BCUT2D eigenvalue weighted by Gasteiger charge is -2.43. The van der Waals surface area contributed by atoms with E-state index < -0.39 is 23.0 Å². The van der Waals surface area contributed by atoms with E-state index in [-0.39, 0.29) is 45.9 Å². The van der Waals surface area contributed by atoms with Gasteiger partial charge in [-0.2, -0.15) is 0 Å². The molecule has 2 aliphatic rings. The predicted octanol–water partition coefficient (Wildman–Crippen LogP) is 6.96. The molecule has 2 aromatic heterocycles. The number of hydrogen-bond donors (Lipinski definition) is 3. The highest BCUT2D eigenvalue weighted by molar-refractivity contribution is 6.36. The first kappa shape index (κ1) is 41.6. The minimum absolute atomic E-state index is 0.0447. The zero-order valence-corrected chi connectivity index (χ0v) is 34.3. The number of halogens is 2. The van der Waals surface area contributed by atoms with Crippen LogP contribution in [0.5, 0.6) is 5.88 Å². The van der Waals surface area contributed by atoms with Crippen molar-refractivity contribution in [2.45, 2.75) is 83.6 Å². The minimum Gasteiger partial charge on any atom is -0.481 e. The predicted molar refractivity (Wildman–Crippen MR) is 220 cm³/mol. The number of carbonyl (C=O) groups excluding carboxylic acids is 2. The molecule has 0 bridgehead atoms. The number of amides is 3. The van der Waals surface area contributed by atoms with Gasteiger partial charge in [0.15, 0.2) is 0 Å². The van der Waals surface area contributed by atoms with Crippen molar-refractivity contribution in [3.63, 3.8) is 0 Å². The number of methoxy groups -OCH3 is 1. The molecule has 0 radical (unpaired) electrons. The van der Waals surface area contributed by atoms with Gasteiger partial charge in [0.05, 0.1) is 24.4 Å². The van der Waals surface area contributed by atoms with Crippen LogP contribution in [-0.4, -0.2) is 68.4 Å². The van der Waals surface area contributed by atoms with Crippen LogP contribution >= 0.6 is 11.6 Å². The largest absolute Gasteiger partial charge is 0.481 e. The van der Waals surface area contributed by atoms with Crippen LogP contribution in [0.2, 0.25) is 5.02 Å². The number of aryl methyl sites for hydroxylation is 2. The number of benzene rings is 2. The number of rotatable bonds is 14. The SMILES string of the molecule is CCC(CCC1(CC)CCN(CCO)C(=O)N1)CC1CCc2cc(-c3cccc(-c4c(F)ccc(NC(=O)c5cn(C)c(=O)n(C)c5=O)c4C)c3Cl)nc(OC)c21. The van der Waals surface area contributed by atoms with Crippen molar-refractivity contribution >= 4 is 29.2 Å². The summed E-state index contributed by atoms with van der Waals surface area (Å²) in [6.07, 6.45) is 8.57. The smallest absolute Gasteiger partial charge is 0.330 e. The van der Waals surface area contributed by atoms with Crippen LogP contribution in [0.15, 0.2) is 52.2 Å². The second kappa shape index (κ2) is 17.2. The number of nitrogens with one attached hydrogen (secondary N) is 2. The molecule has 57 heavy (non-hydrogen) atoms. The first-order chi connectivity index (χ1) is 27.3. The van der Waals surface area contributed by atoms with Gasteiger partial charge in [-0.1, -0.05) is 50.1 Å². The molecule has 2 aromatic carbocycles. The molecule has 1 fully saturated rings. The average molecular weight is 803 g/mol. The van der Waals surface area contributed by atoms with Gasteiger partial charge >= 0.3 is 11.7 Å². The van der Waals surface area contributed by atoms with E-state index in [1.165, 1.54) is 32.4 Å². The van der Waals surface area contributed by atoms with Crippen molar-refractivity contribution in [3.8, 4) is 28.3 Å². The fourth-order valence-electron chi connectivity index (χ4n) is 8.60. The number of nitrogens with zero attached hydrogens (tertiary/aromatic N) is 4. The van der Waals surface area contributed by atoms with Crippen molar-refractivity contribution in [1.82, 2.24) is 24.3 Å². The third-order valence-corrected chi connectivity index (χ3v) is 12.6. The molecule has 1 aliphatic heterocycles. The molecule has 0 saturated carbocycles. The van der Waals surface area contributed by atoms with E-state index in [0.29, 0.717) is 47.3 Å². The van der Waals surface area contributed by atoms with Gasteiger partial charge in [0, 0.05) is 66.9 Å². The third kappa shape index (κ3) is 8.22. The average Bonchev–Trinajstić information content (AvgIpc) is 3.61. The van der Waals surface area contributed by atoms with Crippen LogP contribution in [0.3, 0.4) is 0 Å². The number of ether oxygens (including phenoxy) is 1. The molecular weight excluding hydrogens is 751 g/mol. The van der Waals surface area contributed by atoms with E-state index in [0.717, 1.165) is 71.6 Å². The van der Waals surface area contributed by atoms with Gasteiger partial charge in [0.1, 0.15) is 11.4 Å². The molecular formula is C43H52ClFN6O6. The normalized spacial score (nSPS) is 18.3. The maximum absolute atomic E-state index is 15.7. The maximum atomic E-state index is 15.7. The quantitative estimate of drug-likeness (QED) is 0.125. The molecule has 3 unspecified atom stereocenters. The Balaban J connectivity index is 1.24. The Bertz CT molecular complexity index is 2310. The number of β-amino-alcohol motifs (C(OH)–C–C–N with tert-alkyl or cyclic N) is 1. The lowest BCUT2D eigenvalue weighted by atomic mass is 9.79. The van der Waals surface area contributed by atoms with Gasteiger partial charge in [0.25, 0.3) is 11.5 Å². The summed E-state index contributed by atoms with van der Waals surface area (Å²) in [5.41, 5.74) is 2.94. The summed E-state index contributed by atoms with van der Waals surface area (Å²) in [4.78, 5) is 57.6. The first-order valence-electron chi connectivity index (χ1n) is 19.7. The maximum Gasteiger partial charge on any atom is 0.330 e. The van der Waals surface area contributed by atoms with E-state index in [9.17, 15) is 24.3 Å². The standard InChI is InChI=1S/C43H52ClFN6O6/c1-7-26(16-17-43(8-2)18-19-51(20-21-52)41(55)48-43)22-27-12-13-28-23-34(47-39(57-6)36(27)28)29-10-9-11-30(37(29)44)35-25(3)33(15-14-32(35)45)46-38(53)31-24-49(4)42(56)50(5)40(31)54/h9-11,14-15,23-24,26-27,52H,7-8,12-13,16-22H2,1-6H3,(H,46,53)(H,48,55). The summed E-state index contributed by atoms with van der Waals surface area (Å²) in [5.74, 6) is -0.0323. The fraction of sp³-hybridized carbons (Fsp3) is 0.465. The lowest BCUT2D eigenvalue weighted by Crippen LogP contribution is -2.60. The lowest BCUT2D eigenvalue weighted by molar-refractivity contribution is 0.102. The van der Waals surface area contributed by atoms with Crippen molar-refractivity contribution in [2.24, 2.45) is 20.0 Å². The second-order valence-electron chi connectivity index (χ2n) is 15.4. The second-order valence-corrected chi connectivity index (χ2v) is 15.8. The van der Waals surface area contributed by atoms with Crippen LogP contribution in [0, 0.1) is 18.7 Å². The van der Waals surface area contributed by atoms with Crippen molar-refractivity contribution in [3.05, 3.63) is 96.5 Å². The number of hydrogen-bond acceptors (Lipinski definition) is 7. The van der Waals surface area contributed by atoms with Crippen molar-refractivity contribution in [1.29, 1.82) is 0 Å². The summed E-state index contributed by atoms with van der Waals surface area (Å²) >= 11 is 7.11. The van der Waals surface area contributed by atoms with Gasteiger partial charge in [0.2, 0.25) is 5.88 Å². The topological polar surface area (TPSA) is 148 Å². The minimum atomic E-state index is -0.747. The molecule has 3 heterocycles. The fourth-order valence-corrected chi connectivity index (χ4v) is 8.92. The Kier molecular flexibility index (Phi) is 12.6. The number of pyridine rings is 1. The molecule has 12 nitrogen and oxygen atoms in total. The summed E-state index contributed by atoms with van der Waals surface area (Å²) in [7, 11) is 4.36. The van der Waals surface area contributed by atoms with Crippen LogP contribution in [-0.2, 0) is 20.5 Å². The van der Waals surface area contributed by atoms with E-state index in [4.69, 9.17) is 21.3 Å². The van der Waals surface area contributed by atoms with Gasteiger partial charge in [-0.25, -0.2) is 19.0 Å². The summed E-state index contributed by atoms with van der Waals surface area (Å²) < 4.78 is 23.7. The molecule has 0 spiro atoms. The number of aliphatic hydroxyl groups excluding tert-OH is 1. The highest BCUT2D eigenvalue weighted by atomic mass is 35.5. The van der Waals surface area contributed by atoms with Crippen molar-refractivity contribution in [2.75, 3.05) is 32.1 Å². The molecule has 4 aromatic rings. The van der Waals surface area contributed by atoms with Crippen LogP contribution in [0.4, 0.5) is 14.9 Å². The molecule has 304 valence electrons. The Hall–Kier alpha value is -5.01. The van der Waals surface area contributed by atoms with Gasteiger partial charge in [-0.3, -0.25) is 14.2 Å². The molecule has 6 rings (SSSR count). The van der Waals surface area contributed by atoms with E-state index in [1.807, 2.05) is 6.07 Å². The number of aliphatic hydroxyl groups is 1. The number of aromatic nitrogens is 3.